The molecule has 0 bridgehead atoms. The molecule has 0 radical (unpaired) electrons. The molecule has 4 rings (SSSR count). The van der Waals surface area contributed by atoms with E-state index in [1.54, 1.807) is 12.1 Å². The fourth-order valence-electron chi connectivity index (χ4n) is 4.91. The van der Waals surface area contributed by atoms with Crippen molar-refractivity contribution in [3.8, 4) is 0 Å². The highest BCUT2D eigenvalue weighted by Crippen LogP contribution is 2.50. The van der Waals surface area contributed by atoms with Gasteiger partial charge in [-0.3, -0.25) is 0 Å². The highest BCUT2D eigenvalue weighted by atomic mass is 19.1. The van der Waals surface area contributed by atoms with Crippen LogP contribution in [0.15, 0.2) is 24.3 Å². The van der Waals surface area contributed by atoms with Crippen LogP contribution in [-0.4, -0.2) is 16.9 Å². The van der Waals surface area contributed by atoms with Gasteiger partial charge in [0.05, 0.1) is 11.7 Å². The zero-order valence-corrected chi connectivity index (χ0v) is 13.6. The van der Waals surface area contributed by atoms with Crippen molar-refractivity contribution in [2.45, 2.75) is 69.6 Å². The number of anilines is 1. The minimum atomic E-state index is -1.03. The molecule has 1 unspecified atom stereocenters. The van der Waals surface area contributed by atoms with Crippen molar-refractivity contribution in [1.29, 1.82) is 0 Å². The fourth-order valence-corrected chi connectivity index (χ4v) is 4.91. The maximum Gasteiger partial charge on any atom is 0.196 e. The van der Waals surface area contributed by atoms with E-state index in [-0.39, 0.29) is 17.8 Å². The largest absolute Gasteiger partial charge is 0.363 e. The number of halogens is 1. The molecule has 0 aromatic heterocycles. The Morgan fingerprint density at radius 3 is 2.43 bits per heavy atom. The maximum absolute atomic E-state index is 13.3. The molecule has 23 heavy (non-hydrogen) atoms. The molecule has 1 aromatic carbocycles. The van der Waals surface area contributed by atoms with E-state index in [0.717, 1.165) is 24.9 Å². The molecule has 2 saturated carbocycles. The molecule has 3 atom stereocenters. The smallest absolute Gasteiger partial charge is 0.196 e. The van der Waals surface area contributed by atoms with E-state index in [9.17, 15) is 9.50 Å². The molecular formula is C19H26FNO2. The van der Waals surface area contributed by atoms with Crippen molar-refractivity contribution >= 4 is 5.69 Å². The SMILES string of the molecule is OC12CCCC[C@@H]1[C@@H](C1CCCCC1)N(c1ccc(F)cc1)O2. The lowest BCUT2D eigenvalue weighted by Crippen LogP contribution is -2.44. The van der Waals surface area contributed by atoms with Gasteiger partial charge >= 0.3 is 0 Å². The van der Waals surface area contributed by atoms with Crippen molar-refractivity contribution in [3.05, 3.63) is 30.1 Å². The number of fused-ring (bicyclic) bond motifs is 1. The van der Waals surface area contributed by atoms with Crippen molar-refractivity contribution in [2.24, 2.45) is 11.8 Å². The predicted molar refractivity (Wildman–Crippen MR) is 87.2 cm³/mol. The quantitative estimate of drug-likeness (QED) is 0.876. The summed E-state index contributed by atoms with van der Waals surface area (Å²) in [7, 11) is 0. The first-order valence-corrected chi connectivity index (χ1v) is 9.14. The zero-order chi connectivity index (χ0) is 15.9. The summed E-state index contributed by atoms with van der Waals surface area (Å²) in [5, 5.41) is 13.0. The van der Waals surface area contributed by atoms with Crippen LogP contribution in [0.4, 0.5) is 10.1 Å². The zero-order valence-electron chi connectivity index (χ0n) is 13.6. The normalized spacial score (nSPS) is 35.3. The second-order valence-corrected chi connectivity index (χ2v) is 7.48. The summed E-state index contributed by atoms with van der Waals surface area (Å²) in [6.07, 6.45) is 10.2. The lowest BCUT2D eigenvalue weighted by Gasteiger charge is -2.37. The van der Waals surface area contributed by atoms with E-state index in [4.69, 9.17) is 4.84 Å². The Balaban J connectivity index is 1.68. The van der Waals surface area contributed by atoms with E-state index in [0.29, 0.717) is 12.3 Å². The Morgan fingerprint density at radius 2 is 1.70 bits per heavy atom. The van der Waals surface area contributed by atoms with Crippen LogP contribution in [0.5, 0.6) is 0 Å². The third kappa shape index (κ3) is 2.76. The van der Waals surface area contributed by atoms with Crippen molar-refractivity contribution in [2.75, 3.05) is 5.06 Å². The van der Waals surface area contributed by atoms with E-state index in [1.807, 2.05) is 5.06 Å². The predicted octanol–water partition coefficient (Wildman–Crippen LogP) is 4.41. The molecule has 1 N–H and O–H groups in total. The molecule has 3 nitrogen and oxygen atoms in total. The summed E-state index contributed by atoms with van der Waals surface area (Å²) >= 11 is 0. The minimum Gasteiger partial charge on any atom is -0.363 e. The molecule has 1 heterocycles. The standard InChI is InChI=1S/C19H26FNO2/c20-15-9-11-16(12-10-15)21-18(14-6-2-1-3-7-14)17-8-4-5-13-19(17,22)23-21/h9-12,14,17-18,22H,1-8,13H2/t17-,18-,19?/m1/s1. The molecule has 2 aliphatic carbocycles. The van der Waals surface area contributed by atoms with E-state index in [1.165, 1.54) is 44.2 Å². The number of hydrogen-bond acceptors (Lipinski definition) is 3. The van der Waals surface area contributed by atoms with Crippen LogP contribution in [-0.2, 0) is 4.84 Å². The lowest BCUT2D eigenvalue weighted by atomic mass is 9.72. The Kier molecular flexibility index (Phi) is 4.06. The van der Waals surface area contributed by atoms with Crippen LogP contribution in [0.3, 0.4) is 0 Å². The first kappa shape index (κ1) is 15.4. The van der Waals surface area contributed by atoms with Crippen LogP contribution in [0.1, 0.15) is 57.8 Å². The van der Waals surface area contributed by atoms with Crippen LogP contribution in [0.2, 0.25) is 0 Å². The number of hydroxylamine groups is 1. The van der Waals surface area contributed by atoms with Crippen molar-refractivity contribution in [3.63, 3.8) is 0 Å². The first-order chi connectivity index (χ1) is 11.2. The molecule has 126 valence electrons. The van der Waals surface area contributed by atoms with Gasteiger partial charge in [-0.2, -0.15) is 0 Å². The summed E-state index contributed by atoms with van der Waals surface area (Å²) in [5.41, 5.74) is 0.866. The van der Waals surface area contributed by atoms with Gasteiger partial charge in [-0.05, 0) is 55.9 Å². The highest BCUT2D eigenvalue weighted by molar-refractivity contribution is 5.46. The lowest BCUT2D eigenvalue weighted by molar-refractivity contribution is -0.215. The summed E-state index contributed by atoms with van der Waals surface area (Å²) < 4.78 is 13.3. The van der Waals surface area contributed by atoms with Gasteiger partial charge in [-0.25, -0.2) is 14.3 Å². The van der Waals surface area contributed by atoms with E-state index >= 15 is 0 Å². The number of rotatable bonds is 2. The molecule has 0 amide bonds. The van der Waals surface area contributed by atoms with Gasteiger partial charge in [0.1, 0.15) is 5.82 Å². The molecule has 1 aromatic rings. The molecular weight excluding hydrogens is 293 g/mol. The van der Waals surface area contributed by atoms with Crippen LogP contribution in [0, 0.1) is 17.7 Å². The Hall–Kier alpha value is -1.13. The molecule has 3 aliphatic rings. The molecule has 1 aliphatic heterocycles. The average molecular weight is 319 g/mol. The molecule has 4 heteroatoms. The second-order valence-electron chi connectivity index (χ2n) is 7.48. The van der Waals surface area contributed by atoms with Gasteiger partial charge in [0.2, 0.25) is 0 Å². The molecule has 0 spiro atoms. The van der Waals surface area contributed by atoms with Gasteiger partial charge in [-0.1, -0.05) is 25.7 Å². The van der Waals surface area contributed by atoms with Crippen molar-refractivity contribution < 1.29 is 14.3 Å². The van der Waals surface area contributed by atoms with Crippen LogP contribution >= 0.6 is 0 Å². The van der Waals surface area contributed by atoms with Gasteiger partial charge in [-0.15, -0.1) is 0 Å². The number of aliphatic hydroxyl groups is 1. The summed E-state index contributed by atoms with van der Waals surface area (Å²) in [4.78, 5) is 6.11. The first-order valence-electron chi connectivity index (χ1n) is 9.14. The maximum atomic E-state index is 13.3. The fraction of sp³-hybridized carbons (Fsp3) is 0.684. The van der Waals surface area contributed by atoms with Gasteiger partial charge in [0.25, 0.3) is 0 Å². The molecule has 1 saturated heterocycles. The number of nitrogens with zero attached hydrogens (tertiary/aromatic N) is 1. The Labute approximate surface area is 137 Å². The van der Waals surface area contributed by atoms with Crippen LogP contribution < -0.4 is 5.06 Å². The Morgan fingerprint density at radius 1 is 1.00 bits per heavy atom. The van der Waals surface area contributed by atoms with Gasteiger partial charge in [0, 0.05) is 12.3 Å². The van der Waals surface area contributed by atoms with Gasteiger partial charge < -0.3 is 5.11 Å². The topological polar surface area (TPSA) is 32.7 Å². The van der Waals surface area contributed by atoms with Crippen molar-refractivity contribution in [1.82, 2.24) is 0 Å². The average Bonchev–Trinajstić information content (AvgIpc) is 2.89. The third-order valence-electron chi connectivity index (χ3n) is 6.03. The monoisotopic (exact) mass is 319 g/mol. The number of benzene rings is 1. The summed E-state index contributed by atoms with van der Waals surface area (Å²) in [5.74, 6) is -0.539. The number of hydrogen-bond donors (Lipinski definition) is 1. The molecule has 3 fully saturated rings. The summed E-state index contributed by atoms with van der Waals surface area (Å²) in [6, 6.07) is 6.70. The van der Waals surface area contributed by atoms with E-state index in [2.05, 4.69) is 0 Å². The second kappa shape index (κ2) is 6.06. The Bertz CT molecular complexity index is 543. The van der Waals surface area contributed by atoms with Crippen LogP contribution in [0.25, 0.3) is 0 Å². The van der Waals surface area contributed by atoms with E-state index < -0.39 is 5.79 Å². The van der Waals surface area contributed by atoms with Gasteiger partial charge in [0.15, 0.2) is 5.79 Å². The highest BCUT2D eigenvalue weighted by Gasteiger charge is 2.56. The minimum absolute atomic E-state index is 0.171. The third-order valence-corrected chi connectivity index (χ3v) is 6.03. The summed E-state index contributed by atoms with van der Waals surface area (Å²) in [6.45, 7) is 0.